The zero-order valence-corrected chi connectivity index (χ0v) is 14.4. The summed E-state index contributed by atoms with van der Waals surface area (Å²) in [6.45, 7) is 2.86. The number of amides is 2. The molecule has 1 saturated heterocycles. The number of hydrogen-bond acceptors (Lipinski definition) is 4. The van der Waals surface area contributed by atoms with Crippen molar-refractivity contribution in [1.82, 2.24) is 25.0 Å². The van der Waals surface area contributed by atoms with Crippen molar-refractivity contribution in [2.75, 3.05) is 13.2 Å². The summed E-state index contributed by atoms with van der Waals surface area (Å²) in [5.74, 6) is 1.06. The Morgan fingerprint density at radius 3 is 2.88 bits per heavy atom. The van der Waals surface area contributed by atoms with E-state index in [-0.39, 0.29) is 23.9 Å². The third kappa shape index (κ3) is 4.07. The van der Waals surface area contributed by atoms with Crippen molar-refractivity contribution in [1.29, 1.82) is 0 Å². The molecule has 0 unspecified atom stereocenters. The van der Waals surface area contributed by atoms with Gasteiger partial charge in [0.25, 0.3) is 0 Å². The normalized spacial score (nSPS) is 18.2. The summed E-state index contributed by atoms with van der Waals surface area (Å²) in [4.78, 5) is 14.4. The standard InChI is InChI=1S/C17H22FN5O2/c1-12(10-25-14-7-5-13(18)6-8-14)20-17(24)23-9-3-4-15(23)16-21-19-11-22(16)2/h5-8,11-12,15H,3-4,9-10H2,1-2H3,(H,20,24)/t12-,15-/m0/s1. The van der Waals surface area contributed by atoms with Gasteiger partial charge in [0.05, 0.1) is 12.1 Å². The van der Waals surface area contributed by atoms with Crippen molar-refractivity contribution < 1.29 is 13.9 Å². The SMILES string of the molecule is C[C@@H](COc1ccc(F)cc1)NC(=O)N1CCC[C@H]1c1nncn1C. The van der Waals surface area contributed by atoms with Gasteiger partial charge in [-0.05, 0) is 44.0 Å². The Hall–Kier alpha value is -2.64. The smallest absolute Gasteiger partial charge is 0.318 e. The van der Waals surface area contributed by atoms with Gasteiger partial charge in [-0.2, -0.15) is 0 Å². The van der Waals surface area contributed by atoms with Gasteiger partial charge in [0.15, 0.2) is 5.82 Å². The predicted molar refractivity (Wildman–Crippen MR) is 89.6 cm³/mol. The molecule has 0 aliphatic carbocycles. The average molecular weight is 347 g/mol. The summed E-state index contributed by atoms with van der Waals surface area (Å²) >= 11 is 0. The van der Waals surface area contributed by atoms with E-state index in [2.05, 4.69) is 15.5 Å². The van der Waals surface area contributed by atoms with Crippen LogP contribution in [0.4, 0.5) is 9.18 Å². The predicted octanol–water partition coefficient (Wildman–Crippen LogP) is 2.27. The van der Waals surface area contributed by atoms with Gasteiger partial charge >= 0.3 is 6.03 Å². The molecule has 0 saturated carbocycles. The van der Waals surface area contributed by atoms with Gasteiger partial charge in [0.2, 0.25) is 0 Å². The van der Waals surface area contributed by atoms with Gasteiger partial charge in [-0.25, -0.2) is 9.18 Å². The maximum atomic E-state index is 12.9. The van der Waals surface area contributed by atoms with Crippen molar-refractivity contribution in [2.45, 2.75) is 31.8 Å². The molecule has 1 aliphatic heterocycles. The van der Waals surface area contributed by atoms with Crippen LogP contribution in [0.25, 0.3) is 0 Å². The number of benzene rings is 1. The number of hydrogen-bond donors (Lipinski definition) is 1. The van der Waals surface area contributed by atoms with E-state index < -0.39 is 0 Å². The van der Waals surface area contributed by atoms with Crippen molar-refractivity contribution in [2.24, 2.45) is 7.05 Å². The van der Waals surface area contributed by atoms with Crippen molar-refractivity contribution >= 4 is 6.03 Å². The van der Waals surface area contributed by atoms with Crippen LogP contribution < -0.4 is 10.1 Å². The van der Waals surface area contributed by atoms with E-state index in [1.165, 1.54) is 12.1 Å². The topological polar surface area (TPSA) is 72.3 Å². The van der Waals surface area contributed by atoms with Gasteiger partial charge in [0.1, 0.15) is 24.5 Å². The summed E-state index contributed by atoms with van der Waals surface area (Å²) in [7, 11) is 1.88. The quantitative estimate of drug-likeness (QED) is 0.901. The first kappa shape index (κ1) is 17.2. The number of likely N-dealkylation sites (tertiary alicyclic amines) is 1. The minimum absolute atomic E-state index is 0.0577. The maximum Gasteiger partial charge on any atom is 0.318 e. The molecular formula is C17H22FN5O2. The van der Waals surface area contributed by atoms with E-state index in [9.17, 15) is 9.18 Å². The molecule has 1 aromatic heterocycles. The molecule has 1 aromatic carbocycles. The third-order valence-corrected chi connectivity index (χ3v) is 4.24. The number of urea groups is 1. The van der Waals surface area contributed by atoms with Crippen molar-refractivity contribution in [3.05, 3.63) is 42.2 Å². The van der Waals surface area contributed by atoms with E-state index in [1.54, 1.807) is 23.4 Å². The van der Waals surface area contributed by atoms with E-state index in [4.69, 9.17) is 4.74 Å². The number of nitrogens with one attached hydrogen (secondary N) is 1. The molecule has 1 N–H and O–H groups in total. The van der Waals surface area contributed by atoms with Gasteiger partial charge in [-0.1, -0.05) is 0 Å². The first-order chi connectivity index (χ1) is 12.0. The summed E-state index contributed by atoms with van der Waals surface area (Å²) < 4.78 is 20.3. The van der Waals surface area contributed by atoms with Gasteiger partial charge < -0.3 is 19.5 Å². The first-order valence-corrected chi connectivity index (χ1v) is 8.34. The van der Waals surface area contributed by atoms with Crippen LogP contribution in [0.2, 0.25) is 0 Å². The highest BCUT2D eigenvalue weighted by atomic mass is 19.1. The molecule has 8 heteroatoms. The molecule has 0 radical (unpaired) electrons. The zero-order valence-electron chi connectivity index (χ0n) is 14.4. The van der Waals surface area contributed by atoms with Crippen LogP contribution in [0.15, 0.2) is 30.6 Å². The lowest BCUT2D eigenvalue weighted by molar-refractivity contribution is 0.180. The fourth-order valence-electron chi connectivity index (χ4n) is 2.96. The molecule has 2 aromatic rings. The molecule has 3 rings (SSSR count). The molecule has 2 amide bonds. The number of ether oxygens (including phenoxy) is 1. The lowest BCUT2D eigenvalue weighted by atomic mass is 10.2. The largest absolute Gasteiger partial charge is 0.491 e. The molecule has 0 spiro atoms. The van der Waals surface area contributed by atoms with Gasteiger partial charge in [0, 0.05) is 13.6 Å². The molecule has 7 nitrogen and oxygen atoms in total. The highest BCUT2D eigenvalue weighted by Crippen LogP contribution is 2.30. The lowest BCUT2D eigenvalue weighted by Gasteiger charge is -2.26. The Labute approximate surface area is 145 Å². The Bertz CT molecular complexity index is 718. The molecule has 2 heterocycles. The molecule has 0 bridgehead atoms. The monoisotopic (exact) mass is 347 g/mol. The van der Waals surface area contributed by atoms with Crippen LogP contribution in [0.3, 0.4) is 0 Å². The minimum Gasteiger partial charge on any atom is -0.491 e. The number of carbonyl (C=O) groups excluding carboxylic acids is 1. The van der Waals surface area contributed by atoms with Crippen LogP contribution in [0.5, 0.6) is 5.75 Å². The fraction of sp³-hybridized carbons (Fsp3) is 0.471. The van der Waals surface area contributed by atoms with Crippen LogP contribution in [-0.4, -0.2) is 44.9 Å². The van der Waals surface area contributed by atoms with Crippen LogP contribution in [-0.2, 0) is 7.05 Å². The second-order valence-electron chi connectivity index (χ2n) is 6.27. The van der Waals surface area contributed by atoms with Gasteiger partial charge in [-0.3, -0.25) is 0 Å². The number of aromatic nitrogens is 3. The lowest BCUT2D eigenvalue weighted by Crippen LogP contribution is -2.45. The van der Waals surface area contributed by atoms with Crippen molar-refractivity contribution in [3.8, 4) is 5.75 Å². The molecule has 1 aliphatic rings. The van der Waals surface area contributed by atoms with E-state index in [0.717, 1.165) is 18.7 Å². The Kier molecular flexibility index (Phi) is 5.16. The third-order valence-electron chi connectivity index (χ3n) is 4.24. The van der Waals surface area contributed by atoms with Crippen molar-refractivity contribution in [3.63, 3.8) is 0 Å². The van der Waals surface area contributed by atoms with E-state index >= 15 is 0 Å². The molecule has 1 fully saturated rings. The van der Waals surface area contributed by atoms with E-state index in [1.807, 2.05) is 18.5 Å². The second-order valence-corrected chi connectivity index (χ2v) is 6.27. The molecule has 134 valence electrons. The van der Waals surface area contributed by atoms with Gasteiger partial charge in [-0.15, -0.1) is 10.2 Å². The van der Waals surface area contributed by atoms with Crippen LogP contribution >= 0.6 is 0 Å². The summed E-state index contributed by atoms with van der Waals surface area (Å²) in [5, 5.41) is 11.0. The molecule has 25 heavy (non-hydrogen) atoms. The first-order valence-electron chi connectivity index (χ1n) is 8.34. The highest BCUT2D eigenvalue weighted by molar-refractivity contribution is 5.75. The summed E-state index contributed by atoms with van der Waals surface area (Å²) in [5.41, 5.74) is 0. The Morgan fingerprint density at radius 1 is 1.44 bits per heavy atom. The number of rotatable bonds is 5. The van der Waals surface area contributed by atoms with Crippen LogP contribution in [0, 0.1) is 5.82 Å². The second kappa shape index (κ2) is 7.50. The Balaban J connectivity index is 1.54. The fourth-order valence-corrected chi connectivity index (χ4v) is 2.96. The number of aryl methyl sites for hydroxylation is 1. The summed E-state index contributed by atoms with van der Waals surface area (Å²) in [6.07, 6.45) is 3.45. The highest BCUT2D eigenvalue weighted by Gasteiger charge is 2.33. The summed E-state index contributed by atoms with van der Waals surface area (Å²) in [6, 6.07) is 5.43. The average Bonchev–Trinajstić information content (AvgIpc) is 3.22. The molecular weight excluding hydrogens is 325 g/mol. The van der Waals surface area contributed by atoms with Crippen LogP contribution in [0.1, 0.15) is 31.6 Å². The van der Waals surface area contributed by atoms with E-state index in [0.29, 0.717) is 18.9 Å². The zero-order chi connectivity index (χ0) is 17.8. The number of carbonyl (C=O) groups is 1. The minimum atomic E-state index is -0.308. The Morgan fingerprint density at radius 2 is 2.20 bits per heavy atom. The number of halogens is 1. The maximum absolute atomic E-state index is 12.9. The number of nitrogens with zero attached hydrogens (tertiary/aromatic N) is 4. The molecule has 2 atom stereocenters.